The summed E-state index contributed by atoms with van der Waals surface area (Å²) in [6, 6.07) is 8.35. The summed E-state index contributed by atoms with van der Waals surface area (Å²) in [4.78, 5) is 0. The van der Waals surface area contributed by atoms with Crippen LogP contribution in [0.25, 0.3) is 0 Å². The van der Waals surface area contributed by atoms with Gasteiger partial charge in [0.1, 0.15) is 0 Å². The Balaban J connectivity index is 2.47. The van der Waals surface area contributed by atoms with Crippen LogP contribution in [0.5, 0.6) is 0 Å². The van der Waals surface area contributed by atoms with E-state index in [-0.39, 0.29) is 0 Å². The van der Waals surface area contributed by atoms with Crippen molar-refractivity contribution >= 4 is 11.6 Å². The number of halogens is 1. The summed E-state index contributed by atoms with van der Waals surface area (Å²) in [6.45, 7) is 7.68. The monoisotopic (exact) mass is 225 g/mol. The van der Waals surface area contributed by atoms with E-state index in [4.69, 9.17) is 11.6 Å². The summed E-state index contributed by atoms with van der Waals surface area (Å²) >= 11 is 6.12. The van der Waals surface area contributed by atoms with Gasteiger partial charge in [-0.2, -0.15) is 0 Å². The van der Waals surface area contributed by atoms with Crippen molar-refractivity contribution in [3.05, 3.63) is 34.9 Å². The van der Waals surface area contributed by atoms with Crippen molar-refractivity contribution in [2.45, 2.75) is 33.2 Å². The van der Waals surface area contributed by atoms with Gasteiger partial charge in [-0.25, -0.2) is 0 Å². The fraction of sp³-hybridized carbons (Fsp3) is 0.538. The minimum absolute atomic E-state index is 0.331. The molecule has 15 heavy (non-hydrogen) atoms. The summed E-state index contributed by atoms with van der Waals surface area (Å²) in [5.41, 5.74) is 1.18. The van der Waals surface area contributed by atoms with Gasteiger partial charge in [-0.1, -0.05) is 43.6 Å². The lowest BCUT2D eigenvalue weighted by atomic mass is 10.1. The lowest BCUT2D eigenvalue weighted by Crippen LogP contribution is -2.21. The highest BCUT2D eigenvalue weighted by molar-refractivity contribution is 6.31. The molecule has 84 valence electrons. The summed E-state index contributed by atoms with van der Waals surface area (Å²) < 4.78 is 0. The number of rotatable bonds is 5. The van der Waals surface area contributed by atoms with Crippen molar-refractivity contribution in [2.24, 2.45) is 5.92 Å². The van der Waals surface area contributed by atoms with E-state index in [0.717, 1.165) is 17.5 Å². The van der Waals surface area contributed by atoms with Gasteiger partial charge in [0.15, 0.2) is 0 Å². The highest BCUT2D eigenvalue weighted by Gasteiger charge is 2.07. The Hall–Kier alpha value is -0.530. The summed E-state index contributed by atoms with van der Waals surface area (Å²) in [6.07, 6.45) is 1.20. The highest BCUT2D eigenvalue weighted by atomic mass is 35.5. The predicted octanol–water partition coefficient (Wildman–Crippen LogP) is 4.04. The molecule has 1 atom stereocenters. The van der Waals surface area contributed by atoms with Gasteiger partial charge >= 0.3 is 0 Å². The zero-order chi connectivity index (χ0) is 11.3. The van der Waals surface area contributed by atoms with Crippen molar-refractivity contribution < 1.29 is 0 Å². The molecule has 2 heteroatoms. The van der Waals surface area contributed by atoms with E-state index in [9.17, 15) is 0 Å². The Morgan fingerprint density at radius 2 is 1.87 bits per heavy atom. The number of hydrogen-bond acceptors (Lipinski definition) is 1. The number of nitrogens with one attached hydrogen (secondary N) is 1. The first-order chi connectivity index (χ1) is 7.11. The van der Waals surface area contributed by atoms with Crippen molar-refractivity contribution in [2.75, 3.05) is 6.54 Å². The summed E-state index contributed by atoms with van der Waals surface area (Å²) in [5.74, 6) is 0.746. The first-order valence-corrected chi connectivity index (χ1v) is 5.97. The van der Waals surface area contributed by atoms with Crippen molar-refractivity contribution in [1.29, 1.82) is 0 Å². The van der Waals surface area contributed by atoms with Crippen LogP contribution in [0.1, 0.15) is 38.8 Å². The fourth-order valence-electron chi connectivity index (χ4n) is 1.52. The van der Waals surface area contributed by atoms with E-state index >= 15 is 0 Å². The molecule has 0 spiro atoms. The van der Waals surface area contributed by atoms with E-state index < -0.39 is 0 Å². The van der Waals surface area contributed by atoms with Crippen LogP contribution in [0.15, 0.2) is 24.3 Å². The second-order valence-electron chi connectivity index (χ2n) is 4.38. The van der Waals surface area contributed by atoms with E-state index in [1.165, 1.54) is 12.0 Å². The number of hydrogen-bond donors (Lipinski definition) is 1. The minimum atomic E-state index is 0.331. The molecular formula is C13H20ClN. The highest BCUT2D eigenvalue weighted by Crippen LogP contribution is 2.21. The van der Waals surface area contributed by atoms with Crippen LogP contribution in [0.3, 0.4) is 0 Å². The smallest absolute Gasteiger partial charge is 0.0453 e. The fourth-order valence-corrected chi connectivity index (χ4v) is 1.82. The number of benzene rings is 1. The van der Waals surface area contributed by atoms with Gasteiger partial charge in [-0.05, 0) is 37.4 Å². The molecule has 0 bridgehead atoms. The normalized spacial score (nSPS) is 13.1. The van der Waals surface area contributed by atoms with E-state index in [0.29, 0.717) is 6.04 Å². The first-order valence-electron chi connectivity index (χ1n) is 5.59. The second kappa shape index (κ2) is 6.14. The molecule has 1 nitrogen and oxygen atoms in total. The van der Waals surface area contributed by atoms with Gasteiger partial charge in [-0.15, -0.1) is 0 Å². The molecule has 1 N–H and O–H groups in total. The second-order valence-corrected chi connectivity index (χ2v) is 4.79. The Bertz CT molecular complexity index is 296. The Morgan fingerprint density at radius 3 is 2.47 bits per heavy atom. The molecule has 0 amide bonds. The minimum Gasteiger partial charge on any atom is -0.310 e. The maximum Gasteiger partial charge on any atom is 0.0453 e. The largest absolute Gasteiger partial charge is 0.310 e. The molecular weight excluding hydrogens is 206 g/mol. The van der Waals surface area contributed by atoms with Gasteiger partial charge in [0.05, 0.1) is 0 Å². The Kier molecular flexibility index (Phi) is 5.13. The molecule has 0 aromatic heterocycles. The SMILES string of the molecule is CC(C)CCNC(C)c1ccccc1Cl. The summed E-state index contributed by atoms with van der Waals surface area (Å²) in [7, 11) is 0. The molecule has 0 saturated heterocycles. The maximum absolute atomic E-state index is 6.12. The molecule has 0 radical (unpaired) electrons. The first kappa shape index (κ1) is 12.5. The van der Waals surface area contributed by atoms with Crippen LogP contribution in [0.4, 0.5) is 0 Å². The lowest BCUT2D eigenvalue weighted by Gasteiger charge is -2.16. The molecule has 1 rings (SSSR count). The summed E-state index contributed by atoms with van der Waals surface area (Å²) in [5, 5.41) is 4.34. The van der Waals surface area contributed by atoms with Crippen LogP contribution in [-0.2, 0) is 0 Å². The van der Waals surface area contributed by atoms with Crippen LogP contribution in [-0.4, -0.2) is 6.54 Å². The molecule has 1 aromatic carbocycles. The third kappa shape index (κ3) is 4.23. The average Bonchev–Trinajstić information content (AvgIpc) is 2.17. The maximum atomic E-state index is 6.12. The molecule has 0 heterocycles. The third-order valence-electron chi connectivity index (χ3n) is 2.54. The van der Waals surface area contributed by atoms with Crippen LogP contribution >= 0.6 is 11.6 Å². The zero-order valence-electron chi connectivity index (χ0n) is 9.76. The van der Waals surface area contributed by atoms with Gasteiger partial charge in [0, 0.05) is 11.1 Å². The molecule has 1 aromatic rings. The predicted molar refractivity (Wildman–Crippen MR) is 67.3 cm³/mol. The molecule has 0 aliphatic rings. The Labute approximate surface area is 97.8 Å². The molecule has 0 fully saturated rings. The van der Waals surface area contributed by atoms with Crippen molar-refractivity contribution in [3.8, 4) is 0 Å². The average molecular weight is 226 g/mol. The van der Waals surface area contributed by atoms with Crippen LogP contribution in [0, 0.1) is 5.92 Å². The molecule has 0 saturated carbocycles. The standard InChI is InChI=1S/C13H20ClN/c1-10(2)8-9-15-11(3)12-6-4-5-7-13(12)14/h4-7,10-11,15H,8-9H2,1-3H3. The molecule has 1 unspecified atom stereocenters. The van der Waals surface area contributed by atoms with Crippen LogP contribution < -0.4 is 5.32 Å². The van der Waals surface area contributed by atoms with Crippen LogP contribution in [0.2, 0.25) is 5.02 Å². The topological polar surface area (TPSA) is 12.0 Å². The van der Waals surface area contributed by atoms with Gasteiger partial charge in [-0.3, -0.25) is 0 Å². The van der Waals surface area contributed by atoms with E-state index in [1.807, 2.05) is 18.2 Å². The Morgan fingerprint density at radius 1 is 1.20 bits per heavy atom. The van der Waals surface area contributed by atoms with Gasteiger partial charge in [0.25, 0.3) is 0 Å². The quantitative estimate of drug-likeness (QED) is 0.798. The lowest BCUT2D eigenvalue weighted by molar-refractivity contribution is 0.497. The van der Waals surface area contributed by atoms with Crippen molar-refractivity contribution in [3.63, 3.8) is 0 Å². The molecule has 0 aliphatic heterocycles. The van der Waals surface area contributed by atoms with Gasteiger partial charge in [0.2, 0.25) is 0 Å². The zero-order valence-corrected chi connectivity index (χ0v) is 10.5. The molecule has 0 aliphatic carbocycles. The van der Waals surface area contributed by atoms with E-state index in [2.05, 4.69) is 32.2 Å². The van der Waals surface area contributed by atoms with Gasteiger partial charge < -0.3 is 5.32 Å². The third-order valence-corrected chi connectivity index (χ3v) is 2.89. The van der Waals surface area contributed by atoms with Crippen molar-refractivity contribution in [1.82, 2.24) is 5.32 Å². The van der Waals surface area contributed by atoms with E-state index in [1.54, 1.807) is 0 Å².